The second kappa shape index (κ2) is 4.31. The maximum Gasteiger partial charge on any atom is 0.0915 e. The first-order chi connectivity index (χ1) is 7.22. The molecule has 2 rings (SSSR count). The Hall–Kier alpha value is -0.900. The van der Waals surface area contributed by atoms with Gasteiger partial charge in [0.1, 0.15) is 0 Å². The number of aliphatic hydroxyl groups is 1. The zero-order valence-corrected chi connectivity index (χ0v) is 9.11. The van der Waals surface area contributed by atoms with E-state index in [0.29, 0.717) is 6.54 Å². The summed E-state index contributed by atoms with van der Waals surface area (Å²) in [4.78, 5) is 2.27. The fourth-order valence-corrected chi connectivity index (χ4v) is 2.18. The zero-order valence-electron chi connectivity index (χ0n) is 9.11. The summed E-state index contributed by atoms with van der Waals surface area (Å²) in [5.41, 5.74) is 9.14. The van der Waals surface area contributed by atoms with Crippen LogP contribution in [0.4, 0.5) is 0 Å². The number of rotatable bonds is 2. The van der Waals surface area contributed by atoms with Gasteiger partial charge in [0, 0.05) is 19.6 Å². The molecule has 1 heterocycles. The molecule has 0 bridgehead atoms. The lowest BCUT2D eigenvalue weighted by Crippen LogP contribution is -2.28. The number of benzene rings is 1. The maximum atomic E-state index is 9.83. The van der Waals surface area contributed by atoms with Crippen molar-refractivity contribution in [1.29, 1.82) is 0 Å². The third-order valence-electron chi connectivity index (χ3n) is 3.08. The second-order valence-electron chi connectivity index (χ2n) is 4.22. The summed E-state index contributed by atoms with van der Waals surface area (Å²) in [5.74, 6) is 0. The predicted octanol–water partition coefficient (Wildman–Crippen LogP) is 0.667. The normalized spacial score (nSPS) is 18.6. The number of aliphatic hydroxyl groups excluding tert-OH is 1. The van der Waals surface area contributed by atoms with E-state index in [4.69, 9.17) is 5.73 Å². The molecule has 0 spiro atoms. The first-order valence-corrected chi connectivity index (χ1v) is 5.39. The van der Waals surface area contributed by atoms with Gasteiger partial charge in [0.05, 0.1) is 6.10 Å². The topological polar surface area (TPSA) is 49.5 Å². The molecule has 0 fully saturated rings. The second-order valence-corrected chi connectivity index (χ2v) is 4.22. The molecule has 3 N–H and O–H groups in total. The van der Waals surface area contributed by atoms with Crippen LogP contribution >= 0.6 is 0 Å². The van der Waals surface area contributed by atoms with E-state index in [1.807, 2.05) is 12.1 Å². The number of likely N-dealkylation sites (N-methyl/N-ethyl adjacent to an activating group) is 1. The van der Waals surface area contributed by atoms with Gasteiger partial charge in [0.15, 0.2) is 0 Å². The van der Waals surface area contributed by atoms with Crippen molar-refractivity contribution < 1.29 is 5.11 Å². The molecular formula is C12H18N2O. The Balaban J connectivity index is 2.39. The third-order valence-corrected chi connectivity index (χ3v) is 3.08. The van der Waals surface area contributed by atoms with Crippen LogP contribution in [0.1, 0.15) is 22.8 Å². The van der Waals surface area contributed by atoms with Gasteiger partial charge in [-0.05, 0) is 30.2 Å². The van der Waals surface area contributed by atoms with Crippen molar-refractivity contribution in [1.82, 2.24) is 4.90 Å². The van der Waals surface area contributed by atoms with E-state index >= 15 is 0 Å². The van der Waals surface area contributed by atoms with Gasteiger partial charge in [0.25, 0.3) is 0 Å². The minimum Gasteiger partial charge on any atom is -0.387 e. The minimum atomic E-state index is -0.522. The lowest BCUT2D eigenvalue weighted by Gasteiger charge is -2.28. The van der Waals surface area contributed by atoms with Crippen molar-refractivity contribution in [3.63, 3.8) is 0 Å². The summed E-state index contributed by atoms with van der Waals surface area (Å²) >= 11 is 0. The molecule has 3 heteroatoms. The van der Waals surface area contributed by atoms with Crippen LogP contribution in [0.3, 0.4) is 0 Å². The van der Waals surface area contributed by atoms with Gasteiger partial charge in [-0.3, -0.25) is 0 Å². The van der Waals surface area contributed by atoms with Crippen LogP contribution in [0.15, 0.2) is 18.2 Å². The van der Waals surface area contributed by atoms with Gasteiger partial charge in [-0.15, -0.1) is 0 Å². The quantitative estimate of drug-likeness (QED) is 0.747. The van der Waals surface area contributed by atoms with Crippen molar-refractivity contribution in [2.45, 2.75) is 19.1 Å². The standard InChI is InChI=1S/C12H18N2O/c1-14-6-5-9-3-2-4-10(11(9)8-14)12(15)7-13/h2-4,12,15H,5-8,13H2,1H3. The molecule has 1 aliphatic rings. The van der Waals surface area contributed by atoms with E-state index in [0.717, 1.165) is 25.1 Å². The first kappa shape index (κ1) is 10.6. The summed E-state index contributed by atoms with van der Waals surface area (Å²) < 4.78 is 0. The van der Waals surface area contributed by atoms with Crippen LogP contribution in [0.2, 0.25) is 0 Å². The molecule has 1 atom stereocenters. The van der Waals surface area contributed by atoms with Gasteiger partial charge in [-0.2, -0.15) is 0 Å². The van der Waals surface area contributed by atoms with Crippen LogP contribution in [0.25, 0.3) is 0 Å². The summed E-state index contributed by atoms with van der Waals surface area (Å²) in [6.45, 7) is 2.30. The number of nitrogens with two attached hydrogens (primary N) is 1. The van der Waals surface area contributed by atoms with Crippen molar-refractivity contribution >= 4 is 0 Å². The molecule has 1 unspecified atom stereocenters. The Bertz CT molecular complexity index is 351. The number of hydrogen-bond acceptors (Lipinski definition) is 3. The van der Waals surface area contributed by atoms with E-state index in [1.165, 1.54) is 11.1 Å². The molecular weight excluding hydrogens is 188 g/mol. The van der Waals surface area contributed by atoms with E-state index < -0.39 is 6.10 Å². The average Bonchev–Trinajstić information content (AvgIpc) is 2.27. The largest absolute Gasteiger partial charge is 0.387 e. The monoisotopic (exact) mass is 206 g/mol. The molecule has 15 heavy (non-hydrogen) atoms. The predicted molar refractivity (Wildman–Crippen MR) is 60.5 cm³/mol. The van der Waals surface area contributed by atoms with Crippen molar-refractivity contribution in [3.8, 4) is 0 Å². The fraction of sp³-hybridized carbons (Fsp3) is 0.500. The van der Waals surface area contributed by atoms with Crippen molar-refractivity contribution in [2.24, 2.45) is 5.73 Å². The molecule has 1 aromatic rings. The molecule has 0 aromatic heterocycles. The number of nitrogens with zero attached hydrogens (tertiary/aromatic N) is 1. The smallest absolute Gasteiger partial charge is 0.0915 e. The highest BCUT2D eigenvalue weighted by molar-refractivity contribution is 5.38. The molecule has 1 aromatic carbocycles. The zero-order chi connectivity index (χ0) is 10.8. The highest BCUT2D eigenvalue weighted by Gasteiger charge is 2.19. The molecule has 0 radical (unpaired) electrons. The van der Waals surface area contributed by atoms with Crippen LogP contribution in [-0.4, -0.2) is 30.1 Å². The van der Waals surface area contributed by atoms with E-state index in [1.54, 1.807) is 0 Å². The molecule has 0 saturated carbocycles. The van der Waals surface area contributed by atoms with Gasteiger partial charge in [-0.25, -0.2) is 0 Å². The highest BCUT2D eigenvalue weighted by atomic mass is 16.3. The lowest BCUT2D eigenvalue weighted by molar-refractivity contribution is 0.183. The SMILES string of the molecule is CN1CCc2cccc(C(O)CN)c2C1. The van der Waals surface area contributed by atoms with E-state index in [9.17, 15) is 5.11 Å². The number of hydrogen-bond donors (Lipinski definition) is 2. The Morgan fingerprint density at radius 3 is 3.07 bits per heavy atom. The first-order valence-electron chi connectivity index (χ1n) is 5.39. The van der Waals surface area contributed by atoms with E-state index in [2.05, 4.69) is 18.0 Å². The Kier molecular flexibility index (Phi) is 3.05. The number of fused-ring (bicyclic) bond motifs is 1. The van der Waals surface area contributed by atoms with Crippen LogP contribution in [0, 0.1) is 0 Å². The Morgan fingerprint density at radius 2 is 2.33 bits per heavy atom. The van der Waals surface area contributed by atoms with E-state index in [-0.39, 0.29) is 0 Å². The molecule has 82 valence electrons. The molecule has 3 nitrogen and oxygen atoms in total. The van der Waals surface area contributed by atoms with Crippen molar-refractivity contribution in [2.75, 3.05) is 20.1 Å². The molecule has 1 aliphatic heterocycles. The maximum absolute atomic E-state index is 9.83. The minimum absolute atomic E-state index is 0.292. The fourth-order valence-electron chi connectivity index (χ4n) is 2.18. The molecule has 0 amide bonds. The van der Waals surface area contributed by atoms with Gasteiger partial charge in [0.2, 0.25) is 0 Å². The molecule has 0 saturated heterocycles. The third kappa shape index (κ3) is 2.04. The summed E-state index contributed by atoms with van der Waals surface area (Å²) in [7, 11) is 2.11. The van der Waals surface area contributed by atoms with Gasteiger partial charge in [-0.1, -0.05) is 18.2 Å². The van der Waals surface area contributed by atoms with Crippen LogP contribution in [0.5, 0.6) is 0 Å². The Morgan fingerprint density at radius 1 is 1.53 bits per heavy atom. The lowest BCUT2D eigenvalue weighted by atomic mass is 9.92. The van der Waals surface area contributed by atoms with Crippen LogP contribution < -0.4 is 5.73 Å². The summed E-state index contributed by atoms with van der Waals surface area (Å²) in [6, 6.07) is 6.14. The highest BCUT2D eigenvalue weighted by Crippen LogP contribution is 2.25. The van der Waals surface area contributed by atoms with Crippen LogP contribution in [-0.2, 0) is 13.0 Å². The van der Waals surface area contributed by atoms with Gasteiger partial charge >= 0.3 is 0 Å². The molecule has 0 aliphatic carbocycles. The summed E-state index contributed by atoms with van der Waals surface area (Å²) in [6.07, 6.45) is 0.545. The average molecular weight is 206 g/mol. The Labute approximate surface area is 90.5 Å². The van der Waals surface area contributed by atoms with Crippen molar-refractivity contribution in [3.05, 3.63) is 34.9 Å². The summed E-state index contributed by atoms with van der Waals surface area (Å²) in [5, 5.41) is 9.83. The van der Waals surface area contributed by atoms with Gasteiger partial charge < -0.3 is 15.7 Å².